The van der Waals surface area contributed by atoms with E-state index in [1.807, 2.05) is 48.9 Å². The molecule has 0 aliphatic carbocycles. The van der Waals surface area contributed by atoms with Crippen molar-refractivity contribution in [2.75, 3.05) is 0 Å². The van der Waals surface area contributed by atoms with Crippen molar-refractivity contribution in [2.45, 2.75) is 33.0 Å². The van der Waals surface area contributed by atoms with Gasteiger partial charge in [-0.1, -0.05) is 29.8 Å². The van der Waals surface area contributed by atoms with Gasteiger partial charge in [-0.3, -0.25) is 9.48 Å². The number of aryl methyl sites for hydroxylation is 1. The van der Waals surface area contributed by atoms with Crippen LogP contribution in [-0.2, 0) is 13.2 Å². The van der Waals surface area contributed by atoms with Crippen LogP contribution < -0.4 is 10.1 Å². The second-order valence-electron chi connectivity index (χ2n) is 6.21. The van der Waals surface area contributed by atoms with Crippen molar-refractivity contribution >= 4 is 17.5 Å². The Morgan fingerprint density at radius 1 is 1.22 bits per heavy atom. The fourth-order valence-electron chi connectivity index (χ4n) is 2.80. The summed E-state index contributed by atoms with van der Waals surface area (Å²) in [6, 6.07) is 16.5. The zero-order valence-corrected chi connectivity index (χ0v) is 16.1. The SMILES string of the molecule is CCn1nccc1C(C)NC(=O)c1ccc(COc2cccc(Cl)c2)cc1. The maximum absolute atomic E-state index is 12.5. The lowest BCUT2D eigenvalue weighted by atomic mass is 10.1. The number of ether oxygens (including phenoxy) is 1. The van der Waals surface area contributed by atoms with Crippen molar-refractivity contribution < 1.29 is 9.53 Å². The first kappa shape index (κ1) is 19.0. The van der Waals surface area contributed by atoms with Gasteiger partial charge in [0.1, 0.15) is 12.4 Å². The molecule has 0 bridgehead atoms. The molecule has 140 valence electrons. The van der Waals surface area contributed by atoms with Crippen LogP contribution in [0.4, 0.5) is 0 Å². The number of nitrogens with zero attached hydrogens (tertiary/aromatic N) is 2. The first-order valence-corrected chi connectivity index (χ1v) is 9.24. The molecule has 1 unspecified atom stereocenters. The molecule has 0 fully saturated rings. The maximum atomic E-state index is 12.5. The van der Waals surface area contributed by atoms with E-state index in [1.165, 1.54) is 0 Å². The second-order valence-corrected chi connectivity index (χ2v) is 6.65. The lowest BCUT2D eigenvalue weighted by Gasteiger charge is -2.15. The van der Waals surface area contributed by atoms with E-state index in [0.717, 1.165) is 17.8 Å². The Bertz CT molecular complexity index is 906. The van der Waals surface area contributed by atoms with Gasteiger partial charge in [-0.15, -0.1) is 0 Å². The minimum absolute atomic E-state index is 0.117. The zero-order chi connectivity index (χ0) is 19.2. The number of aromatic nitrogens is 2. The molecule has 1 heterocycles. The predicted molar refractivity (Wildman–Crippen MR) is 106 cm³/mol. The third-order valence-electron chi connectivity index (χ3n) is 4.26. The van der Waals surface area contributed by atoms with Gasteiger partial charge in [-0.05, 0) is 55.8 Å². The van der Waals surface area contributed by atoms with Crippen molar-refractivity contribution in [1.29, 1.82) is 0 Å². The Balaban J connectivity index is 1.58. The van der Waals surface area contributed by atoms with Crippen molar-refractivity contribution in [1.82, 2.24) is 15.1 Å². The minimum atomic E-state index is -0.120. The van der Waals surface area contributed by atoms with Crippen LogP contribution in [0.15, 0.2) is 60.8 Å². The van der Waals surface area contributed by atoms with Gasteiger partial charge in [0.2, 0.25) is 0 Å². The Hall–Kier alpha value is -2.79. The quantitative estimate of drug-likeness (QED) is 0.647. The predicted octanol–water partition coefficient (Wildman–Crippen LogP) is 4.63. The number of rotatable bonds is 7. The van der Waals surface area contributed by atoms with Gasteiger partial charge in [0.25, 0.3) is 5.91 Å². The molecule has 2 aromatic carbocycles. The average molecular weight is 384 g/mol. The van der Waals surface area contributed by atoms with E-state index in [2.05, 4.69) is 10.4 Å². The highest BCUT2D eigenvalue weighted by molar-refractivity contribution is 6.30. The molecule has 0 aliphatic rings. The van der Waals surface area contributed by atoms with E-state index < -0.39 is 0 Å². The molecule has 1 aromatic heterocycles. The van der Waals surface area contributed by atoms with Gasteiger partial charge in [-0.25, -0.2) is 0 Å². The molecule has 0 saturated heterocycles. The zero-order valence-electron chi connectivity index (χ0n) is 15.4. The highest BCUT2D eigenvalue weighted by atomic mass is 35.5. The number of carbonyl (C=O) groups is 1. The number of halogens is 1. The topological polar surface area (TPSA) is 56.2 Å². The summed E-state index contributed by atoms with van der Waals surface area (Å²) in [7, 11) is 0. The monoisotopic (exact) mass is 383 g/mol. The van der Waals surface area contributed by atoms with Gasteiger partial charge in [0.05, 0.1) is 11.7 Å². The lowest BCUT2D eigenvalue weighted by molar-refractivity contribution is 0.0938. The van der Waals surface area contributed by atoms with Crippen molar-refractivity contribution in [3.05, 3.63) is 82.6 Å². The molecule has 0 saturated carbocycles. The Labute approximate surface area is 163 Å². The van der Waals surface area contributed by atoms with Crippen LogP contribution in [0.25, 0.3) is 0 Å². The number of carbonyl (C=O) groups excluding carboxylic acids is 1. The number of nitrogens with one attached hydrogen (secondary N) is 1. The fourth-order valence-corrected chi connectivity index (χ4v) is 2.98. The Morgan fingerprint density at radius 3 is 2.70 bits per heavy atom. The van der Waals surface area contributed by atoms with Crippen LogP contribution in [0.1, 0.15) is 41.5 Å². The summed E-state index contributed by atoms with van der Waals surface area (Å²) < 4.78 is 7.59. The van der Waals surface area contributed by atoms with E-state index >= 15 is 0 Å². The number of hydrogen-bond donors (Lipinski definition) is 1. The second kappa shape index (κ2) is 8.73. The summed E-state index contributed by atoms with van der Waals surface area (Å²) in [4.78, 5) is 12.5. The van der Waals surface area contributed by atoms with Gasteiger partial charge in [0, 0.05) is 23.3 Å². The summed E-state index contributed by atoms with van der Waals surface area (Å²) >= 11 is 5.95. The molecule has 1 amide bonds. The van der Waals surface area contributed by atoms with E-state index in [9.17, 15) is 4.79 Å². The molecule has 6 heteroatoms. The number of hydrogen-bond acceptors (Lipinski definition) is 3. The van der Waals surface area contributed by atoms with Crippen LogP contribution in [0.2, 0.25) is 5.02 Å². The third-order valence-corrected chi connectivity index (χ3v) is 4.49. The Morgan fingerprint density at radius 2 is 2.00 bits per heavy atom. The summed E-state index contributed by atoms with van der Waals surface area (Å²) in [5.74, 6) is 0.597. The summed E-state index contributed by atoms with van der Waals surface area (Å²) in [6.45, 7) is 5.15. The number of benzene rings is 2. The third kappa shape index (κ3) is 4.89. The molecular weight excluding hydrogens is 362 g/mol. The average Bonchev–Trinajstić information content (AvgIpc) is 3.16. The van der Waals surface area contributed by atoms with Crippen LogP contribution in [0.3, 0.4) is 0 Å². The standard InChI is InChI=1S/C21H22ClN3O2/c1-3-25-20(11-12-23-25)15(2)24-21(26)17-9-7-16(8-10-17)14-27-19-6-4-5-18(22)13-19/h4-13,15H,3,14H2,1-2H3,(H,24,26). The molecule has 5 nitrogen and oxygen atoms in total. The van der Waals surface area contributed by atoms with Crippen LogP contribution in [0, 0.1) is 0 Å². The summed E-state index contributed by atoms with van der Waals surface area (Å²) in [6.07, 6.45) is 1.75. The Kier molecular flexibility index (Phi) is 6.14. The van der Waals surface area contributed by atoms with E-state index in [-0.39, 0.29) is 11.9 Å². The highest BCUT2D eigenvalue weighted by Crippen LogP contribution is 2.19. The lowest BCUT2D eigenvalue weighted by Crippen LogP contribution is -2.28. The van der Waals surface area contributed by atoms with Gasteiger partial charge in [0.15, 0.2) is 0 Å². The molecular formula is C21H22ClN3O2. The molecule has 27 heavy (non-hydrogen) atoms. The first-order chi connectivity index (χ1) is 13.1. The molecule has 1 atom stereocenters. The van der Waals surface area contributed by atoms with E-state index in [4.69, 9.17) is 16.3 Å². The number of amides is 1. The largest absolute Gasteiger partial charge is 0.489 e. The molecule has 0 spiro atoms. The van der Waals surface area contributed by atoms with Gasteiger partial charge >= 0.3 is 0 Å². The minimum Gasteiger partial charge on any atom is -0.489 e. The molecule has 1 N–H and O–H groups in total. The van der Waals surface area contributed by atoms with Crippen molar-refractivity contribution in [3.8, 4) is 5.75 Å². The van der Waals surface area contributed by atoms with E-state index in [1.54, 1.807) is 30.5 Å². The molecule has 3 aromatic rings. The molecule has 0 aliphatic heterocycles. The molecule has 0 radical (unpaired) electrons. The summed E-state index contributed by atoms with van der Waals surface area (Å²) in [5.41, 5.74) is 2.57. The summed E-state index contributed by atoms with van der Waals surface area (Å²) in [5, 5.41) is 7.89. The van der Waals surface area contributed by atoms with Crippen molar-refractivity contribution in [3.63, 3.8) is 0 Å². The normalized spacial score (nSPS) is 11.8. The van der Waals surface area contributed by atoms with Gasteiger partial charge in [-0.2, -0.15) is 5.10 Å². The van der Waals surface area contributed by atoms with E-state index in [0.29, 0.717) is 22.9 Å². The van der Waals surface area contributed by atoms with Crippen LogP contribution >= 0.6 is 11.6 Å². The van der Waals surface area contributed by atoms with Crippen LogP contribution in [0.5, 0.6) is 5.75 Å². The molecule has 3 rings (SSSR count). The highest BCUT2D eigenvalue weighted by Gasteiger charge is 2.14. The fraction of sp³-hybridized carbons (Fsp3) is 0.238. The first-order valence-electron chi connectivity index (χ1n) is 8.86. The smallest absolute Gasteiger partial charge is 0.251 e. The van der Waals surface area contributed by atoms with Gasteiger partial charge < -0.3 is 10.1 Å². The maximum Gasteiger partial charge on any atom is 0.251 e. The van der Waals surface area contributed by atoms with Crippen molar-refractivity contribution in [2.24, 2.45) is 0 Å². The van der Waals surface area contributed by atoms with Crippen LogP contribution in [-0.4, -0.2) is 15.7 Å².